The lowest BCUT2D eigenvalue weighted by Crippen LogP contribution is -2.32. The van der Waals surface area contributed by atoms with Crippen LogP contribution in [0, 0.1) is 25.7 Å². The van der Waals surface area contributed by atoms with Gasteiger partial charge in [-0.3, -0.25) is 23.4 Å². The van der Waals surface area contributed by atoms with Gasteiger partial charge in [0, 0.05) is 37.9 Å². The minimum Gasteiger partial charge on any atom is -0.377 e. The number of benzene rings is 1. The number of anilines is 2. The van der Waals surface area contributed by atoms with Crippen LogP contribution >= 0.6 is 23.5 Å². The molecule has 15 heteroatoms. The molecule has 11 nitrogen and oxygen atoms in total. The summed E-state index contributed by atoms with van der Waals surface area (Å²) in [6, 6.07) is 6.73. The van der Waals surface area contributed by atoms with E-state index < -0.39 is 6.55 Å². The number of carbonyl (C=O) groups excluding carboxylic acids is 1. The van der Waals surface area contributed by atoms with Crippen molar-refractivity contribution in [2.24, 2.45) is 18.9 Å². The van der Waals surface area contributed by atoms with Crippen LogP contribution in [0.25, 0.3) is 10.9 Å². The molecule has 2 N–H and O–H groups in total. The van der Waals surface area contributed by atoms with E-state index >= 15 is 0 Å². The quantitative estimate of drug-likeness (QED) is 0.212. The number of aryl methyl sites for hydroxylation is 2. The fourth-order valence-electron chi connectivity index (χ4n) is 6.26. The molecule has 1 amide bonds. The molecule has 3 atom stereocenters. The number of rotatable bonds is 8. The van der Waals surface area contributed by atoms with Gasteiger partial charge in [0.05, 0.1) is 22.6 Å². The van der Waals surface area contributed by atoms with Gasteiger partial charge < -0.3 is 10.2 Å². The lowest BCUT2D eigenvalue weighted by molar-refractivity contribution is 0.0641. The van der Waals surface area contributed by atoms with Crippen molar-refractivity contribution in [1.82, 2.24) is 34.0 Å². The van der Waals surface area contributed by atoms with Crippen molar-refractivity contribution in [1.29, 1.82) is 0 Å². The molecule has 1 saturated carbocycles. The number of hydrogen-bond donors (Lipinski definition) is 2. The summed E-state index contributed by atoms with van der Waals surface area (Å²) in [4.78, 5) is 37.6. The van der Waals surface area contributed by atoms with Gasteiger partial charge in [-0.1, -0.05) is 29.6 Å². The Morgan fingerprint density at radius 3 is 2.53 bits per heavy atom. The van der Waals surface area contributed by atoms with E-state index in [0.29, 0.717) is 41.5 Å². The molecule has 1 aromatic carbocycles. The van der Waals surface area contributed by atoms with Crippen LogP contribution in [0.1, 0.15) is 58.7 Å². The number of alkyl halides is 2. The highest BCUT2D eigenvalue weighted by Crippen LogP contribution is 2.58. The molecule has 1 aliphatic carbocycles. The third-order valence-corrected chi connectivity index (χ3v) is 8.90. The van der Waals surface area contributed by atoms with Gasteiger partial charge in [0.2, 0.25) is 5.95 Å². The highest BCUT2D eigenvalue weighted by atomic mass is 35.5. The molecule has 226 valence electrons. The number of nitrogens with zero attached hydrogens (tertiary/aromatic N) is 7. The first kappa shape index (κ1) is 29.3. The van der Waals surface area contributed by atoms with Crippen LogP contribution in [-0.2, 0) is 7.05 Å². The summed E-state index contributed by atoms with van der Waals surface area (Å²) in [5.74, 6) is 0.785. The van der Waals surface area contributed by atoms with Gasteiger partial charge in [-0.2, -0.15) is 8.78 Å². The Morgan fingerprint density at radius 1 is 1.14 bits per heavy atom. The van der Waals surface area contributed by atoms with E-state index in [1.54, 1.807) is 30.0 Å². The van der Waals surface area contributed by atoms with Gasteiger partial charge in [0.1, 0.15) is 16.8 Å². The second-order valence-corrected chi connectivity index (χ2v) is 12.1. The highest BCUT2D eigenvalue weighted by molar-refractivity contribution is 7.97. The molecule has 0 bridgehead atoms. The molecule has 3 unspecified atom stereocenters. The highest BCUT2D eigenvalue weighted by Gasteiger charge is 2.59. The Labute approximate surface area is 255 Å². The van der Waals surface area contributed by atoms with Crippen LogP contribution in [-0.4, -0.2) is 54.6 Å². The van der Waals surface area contributed by atoms with Crippen LogP contribution in [0.5, 0.6) is 0 Å². The number of amides is 1. The third kappa shape index (κ3) is 5.09. The van der Waals surface area contributed by atoms with Gasteiger partial charge >= 0.3 is 6.55 Å². The Hall–Kier alpha value is -3.78. The van der Waals surface area contributed by atoms with E-state index in [4.69, 9.17) is 16.6 Å². The SMILES string of the molecule is CSNC(=O)c1nc(Cl)ccc1NC(C)c1cc(C)cc2c(=O)n(C)c(N3CC4C(C3)C4c3nnc(C)n3C(F)F)nc12. The Bertz CT molecular complexity index is 1800. The summed E-state index contributed by atoms with van der Waals surface area (Å²) < 4.78 is 32.4. The maximum Gasteiger partial charge on any atom is 0.321 e. The number of hydrogen-bond acceptors (Lipinski definition) is 9. The molecule has 1 aliphatic heterocycles. The third-order valence-electron chi connectivity index (χ3n) is 8.30. The minimum atomic E-state index is -2.69. The van der Waals surface area contributed by atoms with Crippen molar-refractivity contribution in [3.8, 4) is 0 Å². The van der Waals surface area contributed by atoms with Crippen molar-refractivity contribution in [2.75, 3.05) is 29.6 Å². The van der Waals surface area contributed by atoms with Crippen molar-refractivity contribution in [3.05, 3.63) is 68.2 Å². The summed E-state index contributed by atoms with van der Waals surface area (Å²) in [5.41, 5.74) is 2.67. The zero-order valence-corrected chi connectivity index (χ0v) is 25.7. The number of aromatic nitrogens is 6. The maximum atomic E-state index is 13.6. The summed E-state index contributed by atoms with van der Waals surface area (Å²) in [6.07, 6.45) is 1.74. The summed E-state index contributed by atoms with van der Waals surface area (Å²) in [5, 5.41) is 12.0. The molecule has 0 radical (unpaired) electrons. The van der Waals surface area contributed by atoms with E-state index in [1.165, 1.54) is 6.92 Å². The van der Waals surface area contributed by atoms with Crippen LogP contribution in [0.2, 0.25) is 5.15 Å². The smallest absolute Gasteiger partial charge is 0.321 e. The predicted octanol–water partition coefficient (Wildman–Crippen LogP) is 4.62. The molecule has 2 aliphatic rings. The number of carbonyl (C=O) groups is 1. The van der Waals surface area contributed by atoms with Crippen molar-refractivity contribution >= 4 is 52.0 Å². The second kappa shape index (κ2) is 11.1. The zero-order chi connectivity index (χ0) is 30.7. The van der Waals surface area contributed by atoms with E-state index in [2.05, 4.69) is 25.2 Å². The largest absolute Gasteiger partial charge is 0.377 e. The monoisotopic (exact) mass is 629 g/mol. The molecular formula is C28H30ClF2N9O2S. The van der Waals surface area contributed by atoms with Crippen molar-refractivity contribution < 1.29 is 13.6 Å². The molecule has 3 aromatic heterocycles. The first-order valence-corrected chi connectivity index (χ1v) is 15.3. The average Bonchev–Trinajstić information content (AvgIpc) is 3.25. The molecule has 4 heterocycles. The minimum absolute atomic E-state index is 0.100. The molecule has 4 aromatic rings. The molecular weight excluding hydrogens is 600 g/mol. The maximum absolute atomic E-state index is 13.6. The van der Waals surface area contributed by atoms with E-state index in [9.17, 15) is 18.4 Å². The molecule has 0 spiro atoms. The Kier molecular flexibility index (Phi) is 7.53. The van der Waals surface area contributed by atoms with Gasteiger partial charge in [0.25, 0.3) is 11.5 Å². The first-order chi connectivity index (χ1) is 20.5. The summed E-state index contributed by atoms with van der Waals surface area (Å²) in [7, 11) is 1.70. The van der Waals surface area contributed by atoms with Gasteiger partial charge in [-0.15, -0.1) is 10.2 Å². The summed E-state index contributed by atoms with van der Waals surface area (Å²) in [6.45, 7) is 3.81. The van der Waals surface area contributed by atoms with Crippen LogP contribution in [0.4, 0.5) is 20.4 Å². The normalized spacial score (nSPS) is 20.0. The number of halogens is 3. The van der Waals surface area contributed by atoms with E-state index in [1.807, 2.05) is 30.9 Å². The van der Waals surface area contributed by atoms with Gasteiger partial charge in [0.15, 0.2) is 5.69 Å². The number of piperidine rings is 1. The average molecular weight is 630 g/mol. The first-order valence-electron chi connectivity index (χ1n) is 13.7. The molecule has 2 fully saturated rings. The zero-order valence-electron chi connectivity index (χ0n) is 24.1. The fourth-order valence-corrected chi connectivity index (χ4v) is 6.69. The second-order valence-electron chi connectivity index (χ2n) is 11.1. The predicted molar refractivity (Wildman–Crippen MR) is 162 cm³/mol. The number of fused-ring (bicyclic) bond motifs is 2. The van der Waals surface area contributed by atoms with Crippen LogP contribution in [0.15, 0.2) is 29.1 Å². The summed E-state index contributed by atoms with van der Waals surface area (Å²) >= 11 is 7.24. The lowest BCUT2D eigenvalue weighted by atomic mass is 10.0. The van der Waals surface area contributed by atoms with Gasteiger partial charge in [-0.25, -0.2) is 9.97 Å². The fraction of sp³-hybridized carbons (Fsp3) is 0.429. The van der Waals surface area contributed by atoms with Crippen LogP contribution in [0.3, 0.4) is 0 Å². The molecule has 43 heavy (non-hydrogen) atoms. The van der Waals surface area contributed by atoms with Crippen LogP contribution < -0.4 is 20.5 Å². The molecule has 6 rings (SSSR count). The van der Waals surface area contributed by atoms with Crippen molar-refractivity contribution in [2.45, 2.75) is 39.3 Å². The van der Waals surface area contributed by atoms with Gasteiger partial charge in [-0.05, 0) is 56.4 Å². The number of nitrogens with one attached hydrogen (secondary N) is 2. The lowest BCUT2D eigenvalue weighted by Gasteiger charge is -2.25. The standard InChI is InChI=1S/C28H30ClF2N9O2S/c1-12-8-15(13(2)32-19-6-7-20(29)33-23(19)25(41)37-43-5)22-16(9-12)26(42)38(4)28(34-22)39-10-17-18(11-39)21(17)24-36-35-14(3)40(24)27(30)31/h6-9,13,17-18,21,27,32H,10-11H2,1-5H3,(H,37,41). The number of pyridine rings is 1. The van der Waals surface area contributed by atoms with Crippen molar-refractivity contribution in [3.63, 3.8) is 0 Å². The van der Waals surface area contributed by atoms with E-state index in [-0.39, 0.29) is 51.9 Å². The Morgan fingerprint density at radius 2 is 1.86 bits per heavy atom. The molecule has 1 saturated heterocycles. The topological polar surface area (TPSA) is 123 Å². The van der Waals surface area contributed by atoms with E-state index in [0.717, 1.165) is 27.6 Å². The Balaban J connectivity index is 1.32.